The third-order valence-corrected chi connectivity index (χ3v) is 3.89. The molecule has 0 atom stereocenters. The number of nitrogens with zero attached hydrogens (tertiary/aromatic N) is 1. The van der Waals surface area contributed by atoms with Crippen LogP contribution in [0, 0.1) is 15.5 Å². The summed E-state index contributed by atoms with van der Waals surface area (Å²) in [6, 6.07) is 4.11. The Labute approximate surface area is 115 Å². The predicted molar refractivity (Wildman–Crippen MR) is 72.1 cm³/mol. The minimum absolute atomic E-state index is 0.00166. The van der Waals surface area contributed by atoms with E-state index >= 15 is 0 Å². The summed E-state index contributed by atoms with van der Waals surface area (Å²) in [5, 5.41) is 13.3. The highest BCUT2D eigenvalue weighted by Gasteiger charge is 2.42. The maximum absolute atomic E-state index is 12.1. The van der Waals surface area contributed by atoms with Crippen molar-refractivity contribution in [3.8, 4) is 0 Å². The number of nitro benzene ring substituents is 1. The molecular formula is C12H14ClN3O3. The Morgan fingerprint density at radius 2 is 2.21 bits per heavy atom. The number of nitrogens with one attached hydrogen (secondary N) is 1. The van der Waals surface area contributed by atoms with Gasteiger partial charge in [0.1, 0.15) is 5.02 Å². The maximum atomic E-state index is 12.1. The topological polar surface area (TPSA) is 98.3 Å². The molecule has 0 aliphatic heterocycles. The first-order valence-corrected chi connectivity index (χ1v) is 6.32. The van der Waals surface area contributed by atoms with Crippen LogP contribution in [0.25, 0.3) is 0 Å². The van der Waals surface area contributed by atoms with E-state index in [0.717, 1.165) is 19.3 Å². The van der Waals surface area contributed by atoms with E-state index in [4.69, 9.17) is 17.3 Å². The second-order valence-corrected chi connectivity index (χ2v) is 5.12. The monoisotopic (exact) mass is 283 g/mol. The van der Waals surface area contributed by atoms with Crippen LogP contribution in [0.2, 0.25) is 5.02 Å². The summed E-state index contributed by atoms with van der Waals surface area (Å²) in [7, 11) is 0. The lowest BCUT2D eigenvalue weighted by atomic mass is 9.68. The minimum atomic E-state index is -0.568. The van der Waals surface area contributed by atoms with Gasteiger partial charge in [-0.05, 0) is 25.0 Å². The molecule has 0 bridgehead atoms. The zero-order valence-electron chi connectivity index (χ0n) is 10.2. The van der Waals surface area contributed by atoms with Crippen LogP contribution in [-0.2, 0) is 4.79 Å². The summed E-state index contributed by atoms with van der Waals surface area (Å²) in [4.78, 5) is 22.2. The Kier molecular flexibility index (Phi) is 3.73. The third-order valence-electron chi connectivity index (χ3n) is 3.59. The first kappa shape index (κ1) is 13.8. The zero-order chi connectivity index (χ0) is 14.0. The van der Waals surface area contributed by atoms with Crippen molar-refractivity contribution in [1.82, 2.24) is 0 Å². The van der Waals surface area contributed by atoms with E-state index in [1.807, 2.05) is 0 Å². The van der Waals surface area contributed by atoms with Gasteiger partial charge in [0.25, 0.3) is 5.69 Å². The SMILES string of the molecule is NCC1(C(=O)Nc2ccc([N+](=O)[O-])c(Cl)c2)CCC1. The summed E-state index contributed by atoms with van der Waals surface area (Å²) in [6.45, 7) is 0.305. The van der Waals surface area contributed by atoms with Crippen LogP contribution in [0.15, 0.2) is 18.2 Å². The van der Waals surface area contributed by atoms with Gasteiger partial charge in [0.15, 0.2) is 0 Å². The zero-order valence-corrected chi connectivity index (χ0v) is 10.9. The van der Waals surface area contributed by atoms with Gasteiger partial charge in [-0.25, -0.2) is 0 Å². The number of rotatable bonds is 4. The Morgan fingerprint density at radius 1 is 1.53 bits per heavy atom. The van der Waals surface area contributed by atoms with E-state index in [-0.39, 0.29) is 16.6 Å². The maximum Gasteiger partial charge on any atom is 0.288 e. The third kappa shape index (κ3) is 2.54. The van der Waals surface area contributed by atoms with Crippen molar-refractivity contribution < 1.29 is 9.72 Å². The molecular weight excluding hydrogens is 270 g/mol. The summed E-state index contributed by atoms with van der Waals surface area (Å²) in [5.74, 6) is -0.147. The first-order chi connectivity index (χ1) is 8.98. The van der Waals surface area contributed by atoms with Crippen LogP contribution >= 0.6 is 11.6 Å². The Bertz CT molecular complexity index is 523. The van der Waals surface area contributed by atoms with E-state index < -0.39 is 10.3 Å². The Hall–Kier alpha value is -1.66. The fourth-order valence-electron chi connectivity index (χ4n) is 2.12. The molecule has 7 heteroatoms. The molecule has 0 aromatic heterocycles. The van der Waals surface area contributed by atoms with Gasteiger partial charge >= 0.3 is 0 Å². The molecule has 0 heterocycles. The number of halogens is 1. The van der Waals surface area contributed by atoms with E-state index in [1.54, 1.807) is 0 Å². The quantitative estimate of drug-likeness (QED) is 0.654. The number of nitrogens with two attached hydrogens (primary N) is 1. The van der Waals surface area contributed by atoms with Gasteiger partial charge in [-0.15, -0.1) is 0 Å². The Morgan fingerprint density at radius 3 is 2.63 bits per heavy atom. The number of carbonyl (C=O) groups is 1. The lowest BCUT2D eigenvalue weighted by Crippen LogP contribution is -2.47. The lowest BCUT2D eigenvalue weighted by molar-refractivity contribution is -0.384. The van der Waals surface area contributed by atoms with Gasteiger partial charge in [-0.3, -0.25) is 14.9 Å². The van der Waals surface area contributed by atoms with Crippen molar-refractivity contribution in [3.63, 3.8) is 0 Å². The average Bonchev–Trinajstić information content (AvgIpc) is 2.27. The molecule has 1 aromatic rings. The van der Waals surface area contributed by atoms with Crippen molar-refractivity contribution in [2.75, 3.05) is 11.9 Å². The van der Waals surface area contributed by atoms with Crippen LogP contribution in [0.5, 0.6) is 0 Å². The molecule has 0 radical (unpaired) electrons. The molecule has 1 aliphatic rings. The normalized spacial score (nSPS) is 16.5. The molecule has 19 heavy (non-hydrogen) atoms. The van der Waals surface area contributed by atoms with Crippen molar-refractivity contribution in [2.24, 2.45) is 11.1 Å². The highest BCUT2D eigenvalue weighted by Crippen LogP contribution is 2.41. The molecule has 6 nitrogen and oxygen atoms in total. The van der Waals surface area contributed by atoms with Gasteiger partial charge in [0.05, 0.1) is 10.3 Å². The molecule has 3 N–H and O–H groups in total. The summed E-state index contributed by atoms with van der Waals surface area (Å²) in [5.41, 5.74) is 5.41. The predicted octanol–water partition coefficient (Wildman–Crippen LogP) is 2.32. The van der Waals surface area contributed by atoms with Gasteiger partial charge in [0, 0.05) is 18.3 Å². The molecule has 0 unspecified atom stereocenters. The molecule has 0 saturated heterocycles. The summed E-state index contributed by atoms with van der Waals surface area (Å²) >= 11 is 5.79. The van der Waals surface area contributed by atoms with Crippen LogP contribution in [-0.4, -0.2) is 17.4 Å². The number of nitro groups is 1. The van der Waals surface area contributed by atoms with E-state index in [9.17, 15) is 14.9 Å². The molecule has 0 spiro atoms. The van der Waals surface area contributed by atoms with Crippen molar-refractivity contribution in [1.29, 1.82) is 0 Å². The molecule has 1 amide bonds. The Balaban J connectivity index is 2.14. The standard InChI is InChI=1S/C12H14ClN3O3/c13-9-6-8(2-3-10(9)16(18)19)15-11(17)12(7-14)4-1-5-12/h2-3,6H,1,4-5,7,14H2,(H,15,17). The van der Waals surface area contributed by atoms with Crippen LogP contribution < -0.4 is 11.1 Å². The minimum Gasteiger partial charge on any atom is -0.329 e. The number of benzene rings is 1. The highest BCUT2D eigenvalue weighted by molar-refractivity contribution is 6.33. The van der Waals surface area contributed by atoms with Gasteiger partial charge in [-0.2, -0.15) is 0 Å². The lowest BCUT2D eigenvalue weighted by Gasteiger charge is -2.39. The molecule has 1 aromatic carbocycles. The highest BCUT2D eigenvalue weighted by atomic mass is 35.5. The number of hydrogen-bond acceptors (Lipinski definition) is 4. The average molecular weight is 284 g/mol. The number of hydrogen-bond donors (Lipinski definition) is 2. The van der Waals surface area contributed by atoms with Crippen molar-refractivity contribution in [3.05, 3.63) is 33.3 Å². The fraction of sp³-hybridized carbons (Fsp3) is 0.417. The molecule has 2 rings (SSSR count). The fourth-order valence-corrected chi connectivity index (χ4v) is 2.37. The number of amides is 1. The molecule has 1 aliphatic carbocycles. The summed E-state index contributed by atoms with van der Waals surface area (Å²) < 4.78 is 0. The van der Waals surface area contributed by atoms with Crippen molar-refractivity contribution >= 4 is 28.9 Å². The molecule has 102 valence electrons. The van der Waals surface area contributed by atoms with Crippen LogP contribution in [0.1, 0.15) is 19.3 Å². The smallest absolute Gasteiger partial charge is 0.288 e. The number of carbonyl (C=O) groups excluding carboxylic acids is 1. The van der Waals surface area contributed by atoms with E-state index in [1.165, 1.54) is 18.2 Å². The van der Waals surface area contributed by atoms with Gasteiger partial charge in [-0.1, -0.05) is 18.0 Å². The van der Waals surface area contributed by atoms with Gasteiger partial charge < -0.3 is 11.1 Å². The largest absolute Gasteiger partial charge is 0.329 e. The van der Waals surface area contributed by atoms with E-state index in [2.05, 4.69) is 5.32 Å². The number of anilines is 1. The second kappa shape index (κ2) is 5.14. The second-order valence-electron chi connectivity index (χ2n) is 4.72. The molecule has 1 fully saturated rings. The summed E-state index contributed by atoms with van der Waals surface area (Å²) in [6.07, 6.45) is 2.54. The first-order valence-electron chi connectivity index (χ1n) is 5.94. The van der Waals surface area contributed by atoms with Crippen LogP contribution in [0.4, 0.5) is 11.4 Å². The molecule has 1 saturated carbocycles. The van der Waals surface area contributed by atoms with Crippen LogP contribution in [0.3, 0.4) is 0 Å². The van der Waals surface area contributed by atoms with E-state index in [0.29, 0.717) is 12.2 Å². The van der Waals surface area contributed by atoms with Crippen molar-refractivity contribution in [2.45, 2.75) is 19.3 Å². The van der Waals surface area contributed by atoms with Gasteiger partial charge in [0.2, 0.25) is 5.91 Å².